The monoisotopic (exact) mass is 584 g/mol. The van der Waals surface area contributed by atoms with Crippen LogP contribution in [0.5, 0.6) is 0 Å². The normalized spacial score (nSPS) is 14.7. The number of esters is 2. The van der Waals surface area contributed by atoms with Crippen LogP contribution in [0, 0.1) is 0 Å². The Hall–Kier alpha value is -2.60. The van der Waals surface area contributed by atoms with E-state index in [1.807, 2.05) is 0 Å². The van der Waals surface area contributed by atoms with E-state index in [1.165, 1.54) is 20.2 Å². The Labute approximate surface area is 236 Å². The minimum Gasteiger partial charge on any atom is -0.464 e. The molecule has 2 aromatic heterocycles. The quantitative estimate of drug-likeness (QED) is 0.155. The fraction of sp³-hybridized carbons (Fsp3) is 0.731. The molecule has 40 heavy (non-hydrogen) atoms. The number of aromatic nitrogens is 4. The summed E-state index contributed by atoms with van der Waals surface area (Å²) < 4.78 is 38.5. The molecule has 226 valence electrons. The second kappa shape index (κ2) is 14.3. The number of hydrogen-bond acceptors (Lipinski definition) is 11. The first-order valence-corrected chi connectivity index (χ1v) is 15.4. The van der Waals surface area contributed by atoms with Gasteiger partial charge in [0, 0.05) is 0 Å². The lowest BCUT2D eigenvalue weighted by Gasteiger charge is -2.34. The third-order valence-electron chi connectivity index (χ3n) is 5.81. The van der Waals surface area contributed by atoms with Crippen LogP contribution < -0.4 is 10.8 Å². The summed E-state index contributed by atoms with van der Waals surface area (Å²) in [5, 5.41) is 2.81. The van der Waals surface area contributed by atoms with Gasteiger partial charge in [0.1, 0.15) is 23.7 Å². The van der Waals surface area contributed by atoms with Crippen LogP contribution in [-0.2, 0) is 39.4 Å². The van der Waals surface area contributed by atoms with E-state index in [0.717, 1.165) is 25.7 Å². The molecule has 0 saturated heterocycles. The Bertz CT molecular complexity index is 1180. The Balaban J connectivity index is 2.18. The van der Waals surface area contributed by atoms with Gasteiger partial charge in [0.2, 0.25) is 0 Å². The smallest absolute Gasteiger partial charge is 0.338 e. The highest BCUT2D eigenvalue weighted by Crippen LogP contribution is 2.49. The Kier molecular flexibility index (Phi) is 12.0. The van der Waals surface area contributed by atoms with E-state index in [2.05, 4.69) is 27.0 Å². The molecule has 0 saturated carbocycles. The van der Waals surface area contributed by atoms with Crippen LogP contribution in [0.3, 0.4) is 0 Å². The number of unbranched alkanes of at least 4 members (excludes halogenated alkanes) is 3. The molecule has 2 rings (SSSR count). The lowest BCUT2D eigenvalue weighted by atomic mass is 10.1. The fourth-order valence-corrected chi connectivity index (χ4v) is 6.14. The van der Waals surface area contributed by atoms with Crippen molar-refractivity contribution in [3.05, 3.63) is 12.7 Å². The van der Waals surface area contributed by atoms with Gasteiger partial charge in [0.25, 0.3) is 7.52 Å². The van der Waals surface area contributed by atoms with Gasteiger partial charge in [-0.2, -0.15) is 0 Å². The van der Waals surface area contributed by atoms with Crippen LogP contribution in [0.15, 0.2) is 12.7 Å². The van der Waals surface area contributed by atoms with E-state index in [4.69, 9.17) is 24.5 Å². The molecule has 0 bridgehead atoms. The number of anilines is 1. The largest absolute Gasteiger partial charge is 0.464 e. The van der Waals surface area contributed by atoms with Crippen molar-refractivity contribution in [2.75, 3.05) is 18.7 Å². The predicted octanol–water partition coefficient (Wildman–Crippen LogP) is 4.20. The van der Waals surface area contributed by atoms with E-state index in [0.29, 0.717) is 17.7 Å². The van der Waals surface area contributed by atoms with Gasteiger partial charge in [0.05, 0.1) is 31.7 Å². The second-order valence-electron chi connectivity index (χ2n) is 11.1. The van der Waals surface area contributed by atoms with Crippen LogP contribution in [0.25, 0.3) is 11.2 Å². The van der Waals surface area contributed by atoms with E-state index < -0.39 is 49.2 Å². The average Bonchev–Trinajstić information content (AvgIpc) is 3.25. The highest BCUT2D eigenvalue weighted by molar-refractivity contribution is 7.56. The molecule has 0 aliphatic carbocycles. The first-order valence-electron chi connectivity index (χ1n) is 13.6. The zero-order valence-electron chi connectivity index (χ0n) is 24.9. The molecule has 3 N–H and O–H groups in total. The van der Waals surface area contributed by atoms with Crippen molar-refractivity contribution in [2.24, 2.45) is 0 Å². The van der Waals surface area contributed by atoms with Crippen LogP contribution >= 0.6 is 7.52 Å². The van der Waals surface area contributed by atoms with Gasteiger partial charge < -0.3 is 24.5 Å². The molecular formula is C26H45N6O7P. The molecule has 0 aromatic carbocycles. The molecule has 0 spiro atoms. The summed E-state index contributed by atoms with van der Waals surface area (Å²) in [6, 6.07) is 0. The fourth-order valence-electron chi connectivity index (χ4n) is 3.78. The minimum atomic E-state index is -4.01. The number of hydrogen-bond donors (Lipinski definition) is 2. The molecule has 0 radical (unpaired) electrons. The average molecular weight is 585 g/mol. The summed E-state index contributed by atoms with van der Waals surface area (Å²) in [6.07, 6.45) is 5.37. The number of nitrogens with two attached hydrogens (primary N) is 1. The van der Waals surface area contributed by atoms with Crippen LogP contribution in [0.1, 0.15) is 81.1 Å². The van der Waals surface area contributed by atoms with Crippen molar-refractivity contribution in [3.63, 3.8) is 0 Å². The van der Waals surface area contributed by atoms with E-state index in [9.17, 15) is 14.2 Å². The molecule has 2 heterocycles. The number of nitrogens with one attached hydrogen (secondary N) is 1. The summed E-state index contributed by atoms with van der Waals surface area (Å²) in [4.78, 5) is 38.0. The predicted molar refractivity (Wildman–Crippen MR) is 151 cm³/mol. The summed E-state index contributed by atoms with van der Waals surface area (Å²) in [5.41, 5.74) is 3.86. The molecule has 0 aliphatic rings. The summed E-state index contributed by atoms with van der Waals surface area (Å²) >= 11 is 0. The van der Waals surface area contributed by atoms with Crippen molar-refractivity contribution in [1.82, 2.24) is 24.6 Å². The van der Waals surface area contributed by atoms with Gasteiger partial charge in [-0.15, -0.1) is 0 Å². The Morgan fingerprint density at radius 1 is 1.07 bits per heavy atom. The molecule has 13 nitrogen and oxygen atoms in total. The number of imidazole rings is 1. The summed E-state index contributed by atoms with van der Waals surface area (Å²) in [7, 11) is -4.01. The van der Waals surface area contributed by atoms with Gasteiger partial charge in [-0.3, -0.25) is 13.9 Å². The lowest BCUT2D eigenvalue weighted by Crippen LogP contribution is -2.49. The maximum atomic E-state index is 14.2. The number of carbonyl (C=O) groups is 2. The molecule has 2 aromatic rings. The summed E-state index contributed by atoms with van der Waals surface area (Å²) in [6.45, 7) is 13.8. The first-order chi connectivity index (χ1) is 18.6. The molecule has 0 aliphatic heterocycles. The minimum absolute atomic E-state index is 0.252. The molecule has 14 heteroatoms. The van der Waals surface area contributed by atoms with E-state index in [1.54, 1.807) is 45.5 Å². The van der Waals surface area contributed by atoms with Crippen molar-refractivity contribution in [3.8, 4) is 0 Å². The number of ether oxygens (including phenoxy) is 3. The maximum absolute atomic E-state index is 14.2. The Morgan fingerprint density at radius 3 is 2.42 bits per heavy atom. The van der Waals surface area contributed by atoms with Gasteiger partial charge >= 0.3 is 11.9 Å². The number of fused-ring (bicyclic) bond motifs is 1. The van der Waals surface area contributed by atoms with E-state index >= 15 is 0 Å². The van der Waals surface area contributed by atoms with Crippen molar-refractivity contribution in [1.29, 1.82) is 0 Å². The second-order valence-corrected chi connectivity index (χ2v) is 13.1. The topological polar surface area (TPSA) is 170 Å². The lowest BCUT2D eigenvalue weighted by molar-refractivity contribution is -0.163. The number of rotatable bonds is 17. The number of nitrogen functional groups attached to an aromatic ring is 1. The highest BCUT2D eigenvalue weighted by Gasteiger charge is 2.44. The van der Waals surface area contributed by atoms with Crippen molar-refractivity contribution < 1.29 is 32.9 Å². The first kappa shape index (κ1) is 33.6. The molecule has 0 unspecified atom stereocenters. The van der Waals surface area contributed by atoms with Crippen molar-refractivity contribution >= 4 is 36.4 Å². The molecule has 0 amide bonds. The molecule has 2 atom stereocenters. The van der Waals surface area contributed by atoms with Crippen molar-refractivity contribution in [2.45, 2.75) is 111 Å². The zero-order chi connectivity index (χ0) is 30.1. The van der Waals surface area contributed by atoms with Crippen LogP contribution in [-0.4, -0.2) is 67.8 Å². The maximum Gasteiger partial charge on any atom is 0.338 e. The highest BCUT2D eigenvalue weighted by atomic mass is 31.2. The Morgan fingerprint density at radius 2 is 1.77 bits per heavy atom. The van der Waals surface area contributed by atoms with Gasteiger partial charge in [0.15, 0.2) is 17.1 Å². The number of nitrogens with zero attached hydrogens (tertiary/aromatic N) is 4. The zero-order valence-corrected chi connectivity index (χ0v) is 25.8. The summed E-state index contributed by atoms with van der Waals surface area (Å²) in [5.74, 6) is -1.03. The van der Waals surface area contributed by atoms with E-state index in [-0.39, 0.29) is 12.4 Å². The third-order valence-corrected chi connectivity index (χ3v) is 7.95. The molecule has 0 fully saturated rings. The van der Waals surface area contributed by atoms with Crippen LogP contribution in [0.2, 0.25) is 0 Å². The standard InChI is InChI=1S/C26H45N6O7P/c1-9-10-11-12-13-36-23(33)25(5,6)31-40(35,39-26(7,8)24(34)38-18(2)3)17-37-19(4)14-32-16-30-20-21(27)28-15-29-22(20)32/h15-16,18-19H,9-14,17H2,1-8H3,(H,31,35)(H2,27,28,29)/t19-,40-/m1/s1. The molecular weight excluding hydrogens is 539 g/mol. The van der Waals surface area contributed by atoms with Crippen LogP contribution in [0.4, 0.5) is 5.82 Å². The number of carbonyl (C=O) groups excluding carboxylic acids is 2. The SMILES string of the molecule is CCCCCCOC(=O)C(C)(C)N[P@@](=O)(CO[C@H](C)Cn1cnc2c(N)ncnc21)OC(C)(C)C(=O)OC(C)C. The van der Waals surface area contributed by atoms with Gasteiger partial charge in [-0.05, 0) is 54.9 Å². The third kappa shape index (κ3) is 9.79. The van der Waals surface area contributed by atoms with Gasteiger partial charge in [-0.1, -0.05) is 26.2 Å². The van der Waals surface area contributed by atoms with Gasteiger partial charge in [-0.25, -0.2) is 24.8 Å².